The summed E-state index contributed by atoms with van der Waals surface area (Å²) in [6.07, 6.45) is 0. The molecule has 0 radical (unpaired) electrons. The van der Waals surface area contributed by atoms with E-state index in [1.165, 1.54) is 11.1 Å². The summed E-state index contributed by atoms with van der Waals surface area (Å²) in [5, 5.41) is 3.33. The number of methoxy groups -OCH3 is 1. The first-order chi connectivity index (χ1) is 8.35. The van der Waals surface area contributed by atoms with E-state index in [-0.39, 0.29) is 6.04 Å². The fraction of sp³-hybridized carbons (Fsp3) is 0.200. The van der Waals surface area contributed by atoms with Gasteiger partial charge in [-0.25, -0.2) is 0 Å². The average Bonchev–Trinajstić information content (AvgIpc) is 2.42. The molecule has 0 aliphatic heterocycles. The van der Waals surface area contributed by atoms with Crippen molar-refractivity contribution in [2.24, 2.45) is 0 Å². The van der Waals surface area contributed by atoms with Crippen LogP contribution in [0.5, 0.6) is 5.75 Å². The van der Waals surface area contributed by atoms with E-state index >= 15 is 0 Å². The number of ether oxygens (including phenoxy) is 1. The number of benzene rings is 2. The van der Waals surface area contributed by atoms with Crippen LogP contribution in [-0.2, 0) is 0 Å². The Morgan fingerprint density at radius 2 is 1.47 bits per heavy atom. The maximum atomic E-state index is 5.17. The predicted octanol–water partition coefficient (Wildman–Crippen LogP) is 3.00. The molecule has 0 spiro atoms. The Morgan fingerprint density at radius 1 is 0.882 bits per heavy atom. The Bertz CT molecular complexity index is 450. The van der Waals surface area contributed by atoms with Gasteiger partial charge in [0, 0.05) is 0 Å². The van der Waals surface area contributed by atoms with Crippen molar-refractivity contribution in [2.45, 2.75) is 6.04 Å². The smallest absolute Gasteiger partial charge is 0.118 e. The minimum Gasteiger partial charge on any atom is -0.497 e. The first-order valence-corrected chi connectivity index (χ1v) is 5.71. The number of hydrogen-bond acceptors (Lipinski definition) is 2. The fourth-order valence-electron chi connectivity index (χ4n) is 1.97. The molecule has 0 amide bonds. The molecule has 0 aliphatic rings. The van der Waals surface area contributed by atoms with Crippen LogP contribution in [-0.4, -0.2) is 14.2 Å². The molecule has 0 saturated heterocycles. The summed E-state index contributed by atoms with van der Waals surface area (Å²) in [6, 6.07) is 18.8. The topological polar surface area (TPSA) is 21.3 Å². The molecule has 1 unspecified atom stereocenters. The van der Waals surface area contributed by atoms with Crippen LogP contribution in [0.1, 0.15) is 17.2 Å². The van der Waals surface area contributed by atoms with Gasteiger partial charge in [0.2, 0.25) is 0 Å². The van der Waals surface area contributed by atoms with E-state index in [1.807, 2.05) is 25.2 Å². The van der Waals surface area contributed by atoms with Gasteiger partial charge in [0.1, 0.15) is 5.75 Å². The molecular formula is C15H17NO. The monoisotopic (exact) mass is 227 g/mol. The molecule has 1 atom stereocenters. The van der Waals surface area contributed by atoms with Crippen LogP contribution in [0.15, 0.2) is 54.6 Å². The summed E-state index contributed by atoms with van der Waals surface area (Å²) in [5.74, 6) is 0.886. The van der Waals surface area contributed by atoms with E-state index in [0.29, 0.717) is 0 Å². The van der Waals surface area contributed by atoms with Crippen molar-refractivity contribution in [3.8, 4) is 5.75 Å². The molecule has 0 aromatic heterocycles. The van der Waals surface area contributed by atoms with Gasteiger partial charge in [-0.2, -0.15) is 0 Å². The van der Waals surface area contributed by atoms with Crippen molar-refractivity contribution in [1.82, 2.24) is 5.32 Å². The lowest BCUT2D eigenvalue weighted by Crippen LogP contribution is -2.17. The number of nitrogens with one attached hydrogen (secondary N) is 1. The standard InChI is InChI=1S/C15H17NO/c1-16-15(12-6-4-3-5-7-12)13-8-10-14(17-2)11-9-13/h3-11,15-16H,1-2H3. The highest BCUT2D eigenvalue weighted by molar-refractivity contribution is 5.35. The second kappa shape index (κ2) is 5.51. The van der Waals surface area contributed by atoms with Crippen LogP contribution >= 0.6 is 0 Å². The molecular weight excluding hydrogens is 210 g/mol. The molecule has 2 aromatic rings. The van der Waals surface area contributed by atoms with Gasteiger partial charge in [0.25, 0.3) is 0 Å². The maximum absolute atomic E-state index is 5.17. The Kier molecular flexibility index (Phi) is 3.78. The van der Waals surface area contributed by atoms with Crippen molar-refractivity contribution in [3.05, 3.63) is 65.7 Å². The molecule has 0 heterocycles. The fourth-order valence-corrected chi connectivity index (χ4v) is 1.97. The lowest BCUT2D eigenvalue weighted by Gasteiger charge is -2.17. The Labute approximate surface area is 102 Å². The van der Waals surface area contributed by atoms with E-state index in [0.717, 1.165) is 5.75 Å². The van der Waals surface area contributed by atoms with E-state index in [4.69, 9.17) is 4.74 Å². The predicted molar refractivity (Wildman–Crippen MR) is 70.3 cm³/mol. The molecule has 0 fully saturated rings. The van der Waals surface area contributed by atoms with Gasteiger partial charge in [-0.05, 0) is 30.3 Å². The summed E-state index contributed by atoms with van der Waals surface area (Å²) >= 11 is 0. The third-order valence-corrected chi connectivity index (χ3v) is 2.87. The van der Waals surface area contributed by atoms with Gasteiger partial charge >= 0.3 is 0 Å². The van der Waals surface area contributed by atoms with Crippen molar-refractivity contribution < 1.29 is 4.74 Å². The van der Waals surface area contributed by atoms with E-state index in [2.05, 4.69) is 41.7 Å². The van der Waals surface area contributed by atoms with Gasteiger partial charge < -0.3 is 10.1 Å². The molecule has 1 N–H and O–H groups in total. The largest absolute Gasteiger partial charge is 0.497 e. The highest BCUT2D eigenvalue weighted by Crippen LogP contribution is 2.23. The second-order valence-corrected chi connectivity index (χ2v) is 3.91. The van der Waals surface area contributed by atoms with Crippen LogP contribution in [0.3, 0.4) is 0 Å². The van der Waals surface area contributed by atoms with Crippen LogP contribution < -0.4 is 10.1 Å². The van der Waals surface area contributed by atoms with E-state index < -0.39 is 0 Å². The van der Waals surface area contributed by atoms with Crippen molar-refractivity contribution in [3.63, 3.8) is 0 Å². The minimum absolute atomic E-state index is 0.224. The average molecular weight is 227 g/mol. The van der Waals surface area contributed by atoms with Crippen LogP contribution in [0.2, 0.25) is 0 Å². The molecule has 17 heavy (non-hydrogen) atoms. The second-order valence-electron chi connectivity index (χ2n) is 3.91. The van der Waals surface area contributed by atoms with Gasteiger partial charge in [-0.3, -0.25) is 0 Å². The first kappa shape index (κ1) is 11.7. The Hall–Kier alpha value is -1.80. The van der Waals surface area contributed by atoms with E-state index in [1.54, 1.807) is 7.11 Å². The van der Waals surface area contributed by atoms with Gasteiger partial charge in [0.15, 0.2) is 0 Å². The summed E-state index contributed by atoms with van der Waals surface area (Å²) < 4.78 is 5.17. The third-order valence-electron chi connectivity index (χ3n) is 2.87. The summed E-state index contributed by atoms with van der Waals surface area (Å²) in [4.78, 5) is 0. The van der Waals surface area contributed by atoms with Crippen LogP contribution in [0.4, 0.5) is 0 Å². The molecule has 0 aliphatic carbocycles. The number of hydrogen-bond donors (Lipinski definition) is 1. The summed E-state index contributed by atoms with van der Waals surface area (Å²) in [5.41, 5.74) is 2.50. The van der Waals surface area contributed by atoms with Gasteiger partial charge in [-0.1, -0.05) is 42.5 Å². The van der Waals surface area contributed by atoms with Crippen LogP contribution in [0, 0.1) is 0 Å². The molecule has 2 heteroatoms. The molecule has 0 saturated carbocycles. The molecule has 88 valence electrons. The van der Waals surface area contributed by atoms with Crippen molar-refractivity contribution >= 4 is 0 Å². The Balaban J connectivity index is 2.29. The number of rotatable bonds is 4. The van der Waals surface area contributed by atoms with Crippen molar-refractivity contribution in [1.29, 1.82) is 0 Å². The molecule has 2 aromatic carbocycles. The molecule has 2 rings (SSSR count). The minimum atomic E-state index is 0.224. The third kappa shape index (κ3) is 2.66. The maximum Gasteiger partial charge on any atom is 0.118 e. The normalized spacial score (nSPS) is 12.1. The lowest BCUT2D eigenvalue weighted by molar-refractivity contribution is 0.414. The zero-order valence-corrected chi connectivity index (χ0v) is 10.2. The van der Waals surface area contributed by atoms with Gasteiger partial charge in [-0.15, -0.1) is 0 Å². The molecule has 2 nitrogen and oxygen atoms in total. The first-order valence-electron chi connectivity index (χ1n) is 5.71. The molecule has 0 bridgehead atoms. The highest BCUT2D eigenvalue weighted by Gasteiger charge is 2.10. The summed E-state index contributed by atoms with van der Waals surface area (Å²) in [6.45, 7) is 0. The van der Waals surface area contributed by atoms with Crippen LogP contribution in [0.25, 0.3) is 0 Å². The zero-order chi connectivity index (χ0) is 12.1. The quantitative estimate of drug-likeness (QED) is 0.867. The highest BCUT2D eigenvalue weighted by atomic mass is 16.5. The van der Waals surface area contributed by atoms with E-state index in [9.17, 15) is 0 Å². The van der Waals surface area contributed by atoms with Crippen molar-refractivity contribution in [2.75, 3.05) is 14.2 Å². The summed E-state index contributed by atoms with van der Waals surface area (Å²) in [7, 11) is 3.66. The zero-order valence-electron chi connectivity index (χ0n) is 10.2. The lowest BCUT2D eigenvalue weighted by atomic mass is 9.99. The SMILES string of the molecule is CNC(c1ccccc1)c1ccc(OC)cc1. The van der Waals surface area contributed by atoms with Gasteiger partial charge in [0.05, 0.1) is 13.2 Å². The Morgan fingerprint density at radius 3 is 2.00 bits per heavy atom.